The molecule has 11 aromatic carbocycles. The highest BCUT2D eigenvalue weighted by Gasteiger charge is 2.53. The molecule has 0 heterocycles. The highest BCUT2D eigenvalue weighted by atomic mass is 15.2. The predicted molar refractivity (Wildman–Crippen MR) is 343 cm³/mol. The second kappa shape index (κ2) is 19.1. The van der Waals surface area contributed by atoms with Gasteiger partial charge in [0.2, 0.25) is 0 Å². The highest BCUT2D eigenvalue weighted by molar-refractivity contribution is 6.03. The topological polar surface area (TPSA) is 6.48 Å². The van der Waals surface area contributed by atoms with Crippen molar-refractivity contribution in [3.05, 3.63) is 300 Å². The summed E-state index contributed by atoms with van der Waals surface area (Å²) in [7, 11) is 0. The fourth-order valence-corrected chi connectivity index (χ4v) is 16.5. The van der Waals surface area contributed by atoms with Crippen LogP contribution in [0.1, 0.15) is 97.7 Å². The molecule has 5 atom stereocenters. The van der Waals surface area contributed by atoms with Crippen LogP contribution in [0.2, 0.25) is 0 Å². The molecule has 0 amide bonds. The molecule has 0 saturated heterocycles. The van der Waals surface area contributed by atoms with Gasteiger partial charge in [0.15, 0.2) is 0 Å². The van der Waals surface area contributed by atoms with Crippen LogP contribution in [0.15, 0.2) is 261 Å². The molecule has 1 spiro atoms. The molecular weight excluding hydrogens is 989 g/mol. The van der Waals surface area contributed by atoms with Crippen molar-refractivity contribution in [2.24, 2.45) is 17.8 Å². The van der Waals surface area contributed by atoms with Gasteiger partial charge in [0.1, 0.15) is 0 Å². The molecule has 0 aromatic heterocycles. The molecule has 11 aromatic rings. The Kier molecular flexibility index (Phi) is 11.4. The fourth-order valence-electron chi connectivity index (χ4n) is 16.5. The van der Waals surface area contributed by atoms with Crippen molar-refractivity contribution in [1.29, 1.82) is 0 Å². The van der Waals surface area contributed by atoms with Gasteiger partial charge >= 0.3 is 0 Å². The van der Waals surface area contributed by atoms with Gasteiger partial charge in [-0.25, -0.2) is 0 Å². The number of para-hydroxylation sites is 2. The first kappa shape index (κ1) is 48.9. The Morgan fingerprint density at radius 1 is 0.329 bits per heavy atom. The van der Waals surface area contributed by atoms with E-state index in [1.165, 1.54) is 132 Å². The lowest BCUT2D eigenvalue weighted by Crippen LogP contribution is -2.30. The highest BCUT2D eigenvalue weighted by Crippen LogP contribution is 2.66. The lowest BCUT2D eigenvalue weighted by atomic mass is 9.62. The van der Waals surface area contributed by atoms with Gasteiger partial charge < -0.3 is 9.80 Å². The lowest BCUT2D eigenvalue weighted by Gasteiger charge is -2.43. The summed E-state index contributed by atoms with van der Waals surface area (Å²) in [4.78, 5) is 5.10. The third-order valence-corrected chi connectivity index (χ3v) is 19.9. The normalized spacial score (nSPS) is 20.0. The second-order valence-electron chi connectivity index (χ2n) is 24.9. The van der Waals surface area contributed by atoms with E-state index in [0.29, 0.717) is 5.92 Å². The van der Waals surface area contributed by atoms with Crippen LogP contribution in [0.3, 0.4) is 0 Å². The van der Waals surface area contributed by atoms with Gasteiger partial charge in [-0.05, 0) is 212 Å². The lowest BCUT2D eigenvalue weighted by molar-refractivity contribution is 0.124. The second-order valence-corrected chi connectivity index (χ2v) is 24.9. The van der Waals surface area contributed by atoms with Gasteiger partial charge in [-0.3, -0.25) is 0 Å². The minimum atomic E-state index is -0.669. The number of nitrogens with zero attached hydrogens (tertiary/aromatic N) is 2. The Morgan fingerprint density at radius 3 is 1.30 bits per heavy atom. The zero-order chi connectivity index (χ0) is 54.7. The number of anilines is 6. The first-order chi connectivity index (χ1) is 40.3. The van der Waals surface area contributed by atoms with Gasteiger partial charge in [-0.2, -0.15) is 0 Å². The minimum absolute atomic E-state index is 0.113. The van der Waals surface area contributed by atoms with Crippen molar-refractivity contribution in [3.8, 4) is 55.6 Å². The van der Waals surface area contributed by atoms with Crippen molar-refractivity contribution < 1.29 is 0 Å². The Labute approximate surface area is 484 Å². The summed E-state index contributed by atoms with van der Waals surface area (Å²) in [6.07, 6.45) is 6.81. The smallest absolute Gasteiger partial charge is 0.0727 e. The summed E-state index contributed by atoms with van der Waals surface area (Å²) < 4.78 is 0. The monoisotopic (exact) mass is 1050 g/mol. The molecule has 5 aliphatic rings. The quantitative estimate of drug-likeness (QED) is 0.142. The molecule has 0 radical (unpaired) electrons. The molecule has 5 unspecified atom stereocenters. The number of hydrogen-bond acceptors (Lipinski definition) is 2. The van der Waals surface area contributed by atoms with Crippen molar-refractivity contribution in [2.45, 2.75) is 69.6 Å². The Balaban J connectivity index is 0.958. The summed E-state index contributed by atoms with van der Waals surface area (Å²) in [5, 5.41) is 0. The number of fused-ring (bicyclic) bond motifs is 15. The molecule has 2 nitrogen and oxygen atoms in total. The van der Waals surface area contributed by atoms with E-state index in [-0.39, 0.29) is 5.41 Å². The van der Waals surface area contributed by atoms with Crippen LogP contribution in [0.4, 0.5) is 34.1 Å². The summed E-state index contributed by atoms with van der Waals surface area (Å²) >= 11 is 0. The first-order valence-corrected chi connectivity index (χ1v) is 30.1. The molecule has 82 heavy (non-hydrogen) atoms. The Hall–Kier alpha value is -8.98. The molecule has 5 aliphatic carbocycles. The van der Waals surface area contributed by atoms with Gasteiger partial charge in [0.25, 0.3) is 0 Å². The van der Waals surface area contributed by atoms with Gasteiger partial charge in [0.05, 0.1) is 16.8 Å². The van der Waals surface area contributed by atoms with E-state index < -0.39 is 5.41 Å². The number of benzene rings is 11. The average molecular weight is 1060 g/mol. The van der Waals surface area contributed by atoms with Crippen molar-refractivity contribution in [1.82, 2.24) is 0 Å². The van der Waals surface area contributed by atoms with Crippen LogP contribution in [0, 0.1) is 17.8 Å². The largest absolute Gasteiger partial charge is 0.310 e. The average Bonchev–Trinajstić information content (AvgIpc) is 1.78. The van der Waals surface area contributed by atoms with E-state index in [4.69, 9.17) is 0 Å². The van der Waals surface area contributed by atoms with Gasteiger partial charge in [-0.1, -0.05) is 209 Å². The number of rotatable bonds is 9. The summed E-state index contributed by atoms with van der Waals surface area (Å²) in [5.41, 5.74) is 28.0. The van der Waals surface area contributed by atoms with E-state index in [0.717, 1.165) is 46.2 Å². The van der Waals surface area contributed by atoms with Crippen molar-refractivity contribution in [3.63, 3.8) is 0 Å². The predicted octanol–water partition coefficient (Wildman–Crippen LogP) is 21.5. The van der Waals surface area contributed by atoms with Crippen LogP contribution in [0.5, 0.6) is 0 Å². The van der Waals surface area contributed by atoms with Crippen LogP contribution in [0.25, 0.3) is 55.6 Å². The molecule has 0 aliphatic heterocycles. The van der Waals surface area contributed by atoms with Crippen molar-refractivity contribution in [2.75, 3.05) is 9.80 Å². The standard InChI is InChI=1S/C80H66N2/c1-52-44-53-36-42-62(57(45-52)46-53)56-37-39-60(40-38-56)81(58-26-12-6-13-27-58)77-50-75-69(48-66(77)54-22-8-4-9-23-54)64-31-17-20-34-73(64)80(75)74-35-21-18-32-65(74)70-49-67(55-24-10-5-11-25-55)78(51-76(70)80)82(59-28-14-7-15-29-59)61-41-43-72-68(47-61)63-30-16-19-33-71(63)79(72,2)3/h4-35,37-41,43,47-53,57,62H,36,42,44-46H2,1-3H3. The third kappa shape index (κ3) is 7.46. The van der Waals surface area contributed by atoms with Crippen LogP contribution in [-0.4, -0.2) is 0 Å². The van der Waals surface area contributed by atoms with E-state index in [1.54, 1.807) is 0 Å². The van der Waals surface area contributed by atoms with Crippen LogP contribution < -0.4 is 9.80 Å². The Morgan fingerprint density at radius 2 is 0.756 bits per heavy atom. The fraction of sp³-hybridized carbons (Fsp3) is 0.175. The first-order valence-electron chi connectivity index (χ1n) is 30.1. The zero-order valence-corrected chi connectivity index (χ0v) is 47.1. The molecule has 2 fully saturated rings. The minimum Gasteiger partial charge on any atom is -0.310 e. The van der Waals surface area contributed by atoms with E-state index >= 15 is 0 Å². The summed E-state index contributed by atoms with van der Waals surface area (Å²) in [5.74, 6) is 3.12. The van der Waals surface area contributed by atoms with Gasteiger partial charge in [-0.15, -0.1) is 0 Å². The third-order valence-electron chi connectivity index (χ3n) is 19.9. The van der Waals surface area contributed by atoms with Crippen LogP contribution in [-0.2, 0) is 10.8 Å². The molecule has 0 N–H and O–H groups in total. The SMILES string of the molecule is CC1CC2CCC(c3ccc(N(c4ccccc4)c4cc5c(cc4-c4ccccc4)-c4ccccc4C54c5ccccc5-c5cc(-c6ccccc6)c(N(c6ccccc6)c6ccc7c(c6)-c6ccccc6C7(C)C)cc54)cc3)C(C1)C2. The molecule has 2 saturated carbocycles. The maximum atomic E-state index is 2.61. The summed E-state index contributed by atoms with van der Waals surface area (Å²) in [6, 6.07) is 99.4. The number of hydrogen-bond donors (Lipinski definition) is 0. The van der Waals surface area contributed by atoms with Gasteiger partial charge in [0, 0.05) is 39.3 Å². The molecule has 2 bridgehead atoms. The van der Waals surface area contributed by atoms with Crippen LogP contribution >= 0.6 is 0 Å². The molecular formula is C80H66N2. The molecule has 2 heteroatoms. The molecule has 16 rings (SSSR count). The maximum Gasteiger partial charge on any atom is 0.0727 e. The summed E-state index contributed by atoms with van der Waals surface area (Å²) in [6.45, 7) is 7.24. The zero-order valence-electron chi connectivity index (χ0n) is 47.1. The van der Waals surface area contributed by atoms with E-state index in [1.807, 2.05) is 0 Å². The van der Waals surface area contributed by atoms with E-state index in [9.17, 15) is 0 Å². The maximum absolute atomic E-state index is 2.61. The van der Waals surface area contributed by atoms with Crippen molar-refractivity contribution >= 4 is 34.1 Å². The Bertz CT molecular complexity index is 4240. The van der Waals surface area contributed by atoms with E-state index in [2.05, 4.69) is 291 Å². The molecule has 396 valence electrons.